The lowest BCUT2D eigenvalue weighted by Crippen LogP contribution is -2.45. The number of aromatic nitrogens is 1. The number of fused-ring (bicyclic) bond motifs is 1. The molecule has 9 heteroatoms. The highest BCUT2D eigenvalue weighted by Gasteiger charge is 2.24. The zero-order valence-electron chi connectivity index (χ0n) is 25.4. The van der Waals surface area contributed by atoms with E-state index in [9.17, 15) is 23.5 Å². The van der Waals surface area contributed by atoms with Crippen LogP contribution in [-0.4, -0.2) is 58.6 Å². The molecule has 0 radical (unpaired) electrons. The summed E-state index contributed by atoms with van der Waals surface area (Å²) < 4.78 is 28.0. The second-order valence-electron chi connectivity index (χ2n) is 11.1. The van der Waals surface area contributed by atoms with Gasteiger partial charge in [0, 0.05) is 42.2 Å². The number of pyridine rings is 1. The minimum atomic E-state index is -1.06. The predicted octanol–water partition coefficient (Wildman–Crippen LogP) is 6.29. The molecule has 0 aliphatic carbocycles. The van der Waals surface area contributed by atoms with E-state index in [1.165, 1.54) is 12.1 Å². The number of carbonyl (C=O) groups is 2. The second kappa shape index (κ2) is 15.4. The van der Waals surface area contributed by atoms with Crippen LogP contribution in [0.5, 0.6) is 0 Å². The van der Waals surface area contributed by atoms with Crippen LogP contribution in [0, 0.1) is 18.6 Å². The first-order valence-corrected chi connectivity index (χ1v) is 15.1. The fourth-order valence-electron chi connectivity index (χ4n) is 5.31. The monoisotopic (exact) mass is 602 g/mol. The highest BCUT2D eigenvalue weighted by Crippen LogP contribution is 2.18. The van der Waals surface area contributed by atoms with E-state index in [4.69, 9.17) is 0 Å². The number of halogens is 2. The van der Waals surface area contributed by atoms with E-state index in [0.29, 0.717) is 36.6 Å². The van der Waals surface area contributed by atoms with Gasteiger partial charge in [-0.2, -0.15) is 0 Å². The van der Waals surface area contributed by atoms with Crippen LogP contribution >= 0.6 is 0 Å². The topological polar surface area (TPSA) is 94.6 Å². The Kier molecular flexibility index (Phi) is 11.4. The number of aliphatic hydroxyl groups is 1. The largest absolute Gasteiger partial charge is 0.391 e. The first-order valence-electron chi connectivity index (χ1n) is 15.1. The Hall–Kier alpha value is -4.37. The molecule has 1 heterocycles. The first kappa shape index (κ1) is 32.5. The number of hydrogen-bond acceptors (Lipinski definition) is 5. The first-order chi connectivity index (χ1) is 21.2. The van der Waals surface area contributed by atoms with Crippen LogP contribution < -0.4 is 10.6 Å². The third-order valence-corrected chi connectivity index (χ3v) is 7.36. The average molecular weight is 603 g/mol. The molecule has 0 saturated carbocycles. The molecule has 0 bridgehead atoms. The second-order valence-corrected chi connectivity index (χ2v) is 11.1. The summed E-state index contributed by atoms with van der Waals surface area (Å²) in [5.74, 6) is -1.49. The summed E-state index contributed by atoms with van der Waals surface area (Å²) in [6.45, 7) is 7.40. The molecule has 3 N–H and O–H groups in total. The maximum Gasteiger partial charge on any atom is 0.253 e. The number of hydrogen-bond donors (Lipinski definition) is 3. The Morgan fingerprint density at radius 3 is 2.30 bits per heavy atom. The van der Waals surface area contributed by atoms with Crippen LogP contribution in [0.2, 0.25) is 0 Å². The number of rotatable bonds is 14. The smallest absolute Gasteiger partial charge is 0.253 e. The summed E-state index contributed by atoms with van der Waals surface area (Å²) in [7, 11) is 0. The summed E-state index contributed by atoms with van der Waals surface area (Å²) in [4.78, 5) is 33.2. The van der Waals surface area contributed by atoms with Gasteiger partial charge in [0.25, 0.3) is 11.8 Å². The predicted molar refractivity (Wildman–Crippen MR) is 170 cm³/mol. The zero-order chi connectivity index (χ0) is 31.6. The Bertz CT molecular complexity index is 1570. The quantitative estimate of drug-likeness (QED) is 0.158. The van der Waals surface area contributed by atoms with Crippen molar-refractivity contribution in [2.24, 2.45) is 0 Å². The summed E-state index contributed by atoms with van der Waals surface area (Å²) in [6, 6.07) is 18.8. The molecule has 2 amide bonds. The fourth-order valence-corrected chi connectivity index (χ4v) is 5.31. The van der Waals surface area contributed by atoms with Gasteiger partial charge in [-0.05, 0) is 92.3 Å². The molecule has 4 aromatic rings. The van der Waals surface area contributed by atoms with Crippen LogP contribution in [0.25, 0.3) is 10.9 Å². The number of carbonyl (C=O) groups excluding carboxylic acids is 2. The summed E-state index contributed by atoms with van der Waals surface area (Å²) >= 11 is 0. The Labute approximate surface area is 257 Å². The zero-order valence-corrected chi connectivity index (χ0v) is 25.4. The van der Waals surface area contributed by atoms with Gasteiger partial charge in [0.15, 0.2) is 0 Å². The Balaban J connectivity index is 1.51. The van der Waals surface area contributed by atoms with Crippen LogP contribution in [-0.2, 0) is 6.42 Å². The SMILES string of the molecule is CCCN(CCC)C(=O)c1cc(C)cc(C(=O)N[C@@H](Cc2cc(F)cc(F)c2)[C@@H](O)CCNc2ccc3ccccc3n2)c1. The van der Waals surface area contributed by atoms with Gasteiger partial charge < -0.3 is 20.6 Å². The highest BCUT2D eigenvalue weighted by atomic mass is 19.1. The number of anilines is 1. The molecule has 0 aliphatic rings. The van der Waals surface area contributed by atoms with Crippen molar-refractivity contribution >= 4 is 28.5 Å². The molecule has 7 nitrogen and oxygen atoms in total. The van der Waals surface area contributed by atoms with Crippen molar-refractivity contribution in [2.75, 3.05) is 25.0 Å². The third kappa shape index (κ3) is 8.83. The molecular weight excluding hydrogens is 562 g/mol. The molecule has 0 fully saturated rings. The van der Waals surface area contributed by atoms with Crippen LogP contribution in [0.3, 0.4) is 0 Å². The number of aliphatic hydroxyl groups excluding tert-OH is 1. The Morgan fingerprint density at radius 2 is 1.59 bits per heavy atom. The molecular formula is C35H40F2N4O3. The number of amides is 2. The maximum absolute atomic E-state index is 14.0. The normalized spacial score (nSPS) is 12.5. The van der Waals surface area contributed by atoms with E-state index in [1.807, 2.05) is 57.2 Å². The molecule has 3 aromatic carbocycles. The highest BCUT2D eigenvalue weighted by molar-refractivity contribution is 6.00. The maximum atomic E-state index is 14.0. The van der Waals surface area contributed by atoms with Crippen molar-refractivity contribution in [2.45, 2.75) is 58.6 Å². The van der Waals surface area contributed by atoms with E-state index in [1.54, 1.807) is 23.1 Å². The molecule has 4 rings (SSSR count). The van der Waals surface area contributed by atoms with Gasteiger partial charge in [-0.3, -0.25) is 9.59 Å². The molecule has 44 heavy (non-hydrogen) atoms. The van der Waals surface area contributed by atoms with Gasteiger partial charge in [0.1, 0.15) is 17.5 Å². The van der Waals surface area contributed by atoms with E-state index >= 15 is 0 Å². The summed E-state index contributed by atoms with van der Waals surface area (Å²) in [5.41, 5.74) is 2.55. The van der Waals surface area contributed by atoms with E-state index in [2.05, 4.69) is 15.6 Å². The summed E-state index contributed by atoms with van der Waals surface area (Å²) in [6.07, 6.45) is 0.786. The molecule has 0 spiro atoms. The number of nitrogens with zero attached hydrogens (tertiary/aromatic N) is 2. The molecule has 232 valence electrons. The minimum Gasteiger partial charge on any atom is -0.391 e. The number of benzene rings is 3. The molecule has 1 aromatic heterocycles. The van der Waals surface area contributed by atoms with Crippen molar-refractivity contribution < 1.29 is 23.5 Å². The van der Waals surface area contributed by atoms with Gasteiger partial charge in [-0.15, -0.1) is 0 Å². The van der Waals surface area contributed by atoms with Gasteiger partial charge in [-0.25, -0.2) is 13.8 Å². The summed E-state index contributed by atoms with van der Waals surface area (Å²) in [5, 5.41) is 18.3. The van der Waals surface area contributed by atoms with Gasteiger partial charge in [0.2, 0.25) is 0 Å². The van der Waals surface area contributed by atoms with Crippen molar-refractivity contribution in [3.8, 4) is 0 Å². The number of para-hydroxylation sites is 1. The van der Waals surface area contributed by atoms with E-state index in [-0.39, 0.29) is 24.3 Å². The lowest BCUT2D eigenvalue weighted by molar-refractivity contribution is 0.0755. The van der Waals surface area contributed by atoms with Crippen molar-refractivity contribution in [3.05, 3.63) is 107 Å². The van der Waals surface area contributed by atoms with Crippen LogP contribution in [0.4, 0.5) is 14.6 Å². The Morgan fingerprint density at radius 1 is 0.909 bits per heavy atom. The lowest BCUT2D eigenvalue weighted by Gasteiger charge is -2.25. The lowest BCUT2D eigenvalue weighted by atomic mass is 9.97. The van der Waals surface area contributed by atoms with Crippen molar-refractivity contribution in [1.29, 1.82) is 0 Å². The molecule has 2 atom stereocenters. The van der Waals surface area contributed by atoms with Gasteiger partial charge >= 0.3 is 0 Å². The third-order valence-electron chi connectivity index (χ3n) is 7.36. The fraction of sp³-hybridized carbons (Fsp3) is 0.343. The molecule has 0 aliphatic heterocycles. The number of aryl methyl sites for hydroxylation is 1. The van der Waals surface area contributed by atoms with E-state index < -0.39 is 29.7 Å². The van der Waals surface area contributed by atoms with Gasteiger partial charge in [-0.1, -0.05) is 32.0 Å². The standard InChI is InChI=1S/C35H40F2N4O3/c1-4-14-41(15-5-2)35(44)27-17-23(3)16-26(21-27)34(43)40-31(20-24-18-28(36)22-29(37)19-24)32(42)12-13-38-33-11-10-25-8-6-7-9-30(25)39-33/h6-11,16-19,21-22,31-32,42H,4-5,12-15,20H2,1-3H3,(H,38,39)(H,40,43)/t31-,32-/m0/s1. The van der Waals surface area contributed by atoms with Crippen LogP contribution in [0.1, 0.15) is 65.0 Å². The minimum absolute atomic E-state index is 0.00576. The average Bonchev–Trinajstić information content (AvgIpc) is 2.99. The van der Waals surface area contributed by atoms with Crippen molar-refractivity contribution in [3.63, 3.8) is 0 Å². The molecule has 0 saturated heterocycles. The molecule has 0 unspecified atom stereocenters. The van der Waals surface area contributed by atoms with E-state index in [0.717, 1.165) is 35.4 Å². The van der Waals surface area contributed by atoms with Crippen molar-refractivity contribution in [1.82, 2.24) is 15.2 Å². The van der Waals surface area contributed by atoms with Crippen LogP contribution in [0.15, 0.2) is 72.8 Å². The number of nitrogens with one attached hydrogen (secondary N) is 2. The van der Waals surface area contributed by atoms with Gasteiger partial charge in [0.05, 0.1) is 17.7 Å².